The largest absolute Gasteiger partial charge is 0.476 e. The third-order valence-electron chi connectivity index (χ3n) is 3.27. The molecular formula is C14H21N3O2. The molecule has 1 heterocycles. The van der Waals surface area contributed by atoms with Crippen LogP contribution in [0.25, 0.3) is 0 Å². The first-order valence-corrected chi connectivity index (χ1v) is 6.91. The minimum Gasteiger partial charge on any atom is -0.476 e. The van der Waals surface area contributed by atoms with Gasteiger partial charge >= 0.3 is 5.97 Å². The van der Waals surface area contributed by atoms with Crippen LogP contribution in [0.4, 0.5) is 5.69 Å². The highest BCUT2D eigenvalue weighted by Gasteiger charge is 2.32. The lowest BCUT2D eigenvalue weighted by atomic mass is 10.2. The molecule has 0 saturated heterocycles. The van der Waals surface area contributed by atoms with E-state index in [-0.39, 0.29) is 11.6 Å². The van der Waals surface area contributed by atoms with Crippen LogP contribution < -0.4 is 4.90 Å². The standard InChI is InChI=1S/C14H21N3O2/c1-4-7-17(10-5-6-10)11-8-15-13(9(2)3)16-12(11)14(18)19/h8-10H,4-7H2,1-3H3,(H,18,19). The molecule has 0 aliphatic heterocycles. The summed E-state index contributed by atoms with van der Waals surface area (Å²) in [4.78, 5) is 22.1. The Kier molecular flexibility index (Phi) is 4.02. The van der Waals surface area contributed by atoms with Crippen molar-refractivity contribution < 1.29 is 9.90 Å². The molecule has 2 rings (SSSR count). The average molecular weight is 263 g/mol. The Balaban J connectivity index is 2.39. The zero-order valence-electron chi connectivity index (χ0n) is 11.8. The third-order valence-corrected chi connectivity index (χ3v) is 3.27. The van der Waals surface area contributed by atoms with Gasteiger partial charge < -0.3 is 10.0 Å². The summed E-state index contributed by atoms with van der Waals surface area (Å²) in [5.41, 5.74) is 0.806. The summed E-state index contributed by atoms with van der Waals surface area (Å²) in [5, 5.41) is 9.37. The van der Waals surface area contributed by atoms with Crippen LogP contribution >= 0.6 is 0 Å². The van der Waals surface area contributed by atoms with Crippen molar-refractivity contribution in [2.75, 3.05) is 11.4 Å². The van der Waals surface area contributed by atoms with E-state index in [1.165, 1.54) is 0 Å². The van der Waals surface area contributed by atoms with E-state index in [1.807, 2.05) is 13.8 Å². The Morgan fingerprint density at radius 2 is 2.21 bits per heavy atom. The first-order chi connectivity index (χ1) is 9.04. The second-order valence-electron chi connectivity index (χ2n) is 5.35. The molecule has 0 radical (unpaired) electrons. The molecule has 0 atom stereocenters. The Morgan fingerprint density at radius 1 is 1.53 bits per heavy atom. The summed E-state index contributed by atoms with van der Waals surface area (Å²) < 4.78 is 0. The van der Waals surface area contributed by atoms with Gasteiger partial charge in [0.15, 0.2) is 5.69 Å². The summed E-state index contributed by atoms with van der Waals surface area (Å²) in [6.07, 6.45) is 4.93. The van der Waals surface area contributed by atoms with E-state index in [1.54, 1.807) is 6.20 Å². The van der Waals surface area contributed by atoms with E-state index in [4.69, 9.17) is 0 Å². The van der Waals surface area contributed by atoms with E-state index < -0.39 is 5.97 Å². The maximum atomic E-state index is 11.4. The smallest absolute Gasteiger partial charge is 0.356 e. The number of carboxylic acids is 1. The average Bonchev–Trinajstić information content (AvgIpc) is 3.19. The van der Waals surface area contributed by atoms with Crippen LogP contribution in [0.3, 0.4) is 0 Å². The first-order valence-electron chi connectivity index (χ1n) is 6.91. The molecule has 0 amide bonds. The molecule has 19 heavy (non-hydrogen) atoms. The number of carbonyl (C=O) groups is 1. The molecule has 1 aliphatic carbocycles. The zero-order chi connectivity index (χ0) is 14.0. The Bertz CT molecular complexity index is 470. The van der Waals surface area contributed by atoms with Gasteiger partial charge in [-0.15, -0.1) is 0 Å². The Morgan fingerprint density at radius 3 is 2.68 bits per heavy atom. The van der Waals surface area contributed by atoms with Crippen molar-refractivity contribution in [1.82, 2.24) is 9.97 Å². The second kappa shape index (κ2) is 5.55. The fourth-order valence-electron chi connectivity index (χ4n) is 2.16. The van der Waals surface area contributed by atoms with Gasteiger partial charge in [0.25, 0.3) is 0 Å². The number of anilines is 1. The van der Waals surface area contributed by atoms with E-state index in [0.717, 1.165) is 25.8 Å². The second-order valence-corrected chi connectivity index (χ2v) is 5.35. The van der Waals surface area contributed by atoms with Gasteiger partial charge in [0, 0.05) is 18.5 Å². The van der Waals surface area contributed by atoms with Gasteiger partial charge in [-0.05, 0) is 19.3 Å². The highest BCUT2D eigenvalue weighted by Crippen LogP contribution is 2.33. The predicted octanol–water partition coefficient (Wildman–Crippen LogP) is 2.68. The quantitative estimate of drug-likeness (QED) is 0.854. The molecular weight excluding hydrogens is 242 g/mol. The summed E-state index contributed by atoms with van der Waals surface area (Å²) in [7, 11) is 0. The van der Waals surface area contributed by atoms with Crippen LogP contribution in [0.15, 0.2) is 6.20 Å². The van der Waals surface area contributed by atoms with Crippen LogP contribution in [0.5, 0.6) is 0 Å². The maximum absolute atomic E-state index is 11.4. The summed E-state index contributed by atoms with van der Waals surface area (Å²) in [6, 6.07) is 0.464. The topological polar surface area (TPSA) is 66.3 Å². The lowest BCUT2D eigenvalue weighted by molar-refractivity contribution is 0.0690. The van der Waals surface area contributed by atoms with E-state index >= 15 is 0 Å². The van der Waals surface area contributed by atoms with Crippen molar-refractivity contribution in [3.63, 3.8) is 0 Å². The molecule has 1 aromatic heterocycles. The number of hydrogen-bond acceptors (Lipinski definition) is 4. The molecule has 1 aliphatic rings. The van der Waals surface area contributed by atoms with Gasteiger partial charge in [-0.25, -0.2) is 14.8 Å². The normalized spacial score (nSPS) is 14.7. The first kappa shape index (κ1) is 13.8. The van der Waals surface area contributed by atoms with E-state index in [2.05, 4.69) is 21.8 Å². The summed E-state index contributed by atoms with van der Waals surface area (Å²) in [6.45, 7) is 6.88. The van der Waals surface area contributed by atoms with Gasteiger partial charge in [-0.3, -0.25) is 0 Å². The third kappa shape index (κ3) is 3.03. The van der Waals surface area contributed by atoms with Crippen LogP contribution in [-0.2, 0) is 0 Å². The van der Waals surface area contributed by atoms with Gasteiger partial charge in [-0.1, -0.05) is 20.8 Å². The summed E-state index contributed by atoms with van der Waals surface area (Å²) >= 11 is 0. The highest BCUT2D eigenvalue weighted by atomic mass is 16.4. The lowest BCUT2D eigenvalue weighted by Crippen LogP contribution is -2.29. The molecule has 0 aromatic carbocycles. The van der Waals surface area contributed by atoms with E-state index in [0.29, 0.717) is 17.6 Å². The number of rotatable bonds is 6. The van der Waals surface area contributed by atoms with Gasteiger partial charge in [-0.2, -0.15) is 0 Å². The number of aromatic carboxylic acids is 1. The number of hydrogen-bond donors (Lipinski definition) is 1. The van der Waals surface area contributed by atoms with Crippen LogP contribution in [0.2, 0.25) is 0 Å². The number of carboxylic acid groups (broad SMARTS) is 1. The summed E-state index contributed by atoms with van der Waals surface area (Å²) in [5.74, 6) is -0.248. The van der Waals surface area contributed by atoms with Crippen molar-refractivity contribution in [1.29, 1.82) is 0 Å². The van der Waals surface area contributed by atoms with Crippen LogP contribution in [-0.4, -0.2) is 33.6 Å². The van der Waals surface area contributed by atoms with Crippen molar-refractivity contribution in [3.8, 4) is 0 Å². The Hall–Kier alpha value is -1.65. The van der Waals surface area contributed by atoms with Gasteiger partial charge in [0.1, 0.15) is 5.82 Å². The monoisotopic (exact) mass is 263 g/mol. The molecule has 104 valence electrons. The molecule has 0 unspecified atom stereocenters. The van der Waals surface area contributed by atoms with Crippen molar-refractivity contribution in [2.24, 2.45) is 0 Å². The molecule has 1 fully saturated rings. The SMILES string of the molecule is CCCN(c1cnc(C(C)C)nc1C(=O)O)C1CC1. The minimum absolute atomic E-state index is 0.132. The van der Waals surface area contributed by atoms with E-state index in [9.17, 15) is 9.90 Å². The molecule has 0 bridgehead atoms. The number of nitrogens with zero attached hydrogens (tertiary/aromatic N) is 3. The van der Waals surface area contributed by atoms with Gasteiger partial charge in [0.05, 0.1) is 11.9 Å². The van der Waals surface area contributed by atoms with Crippen LogP contribution in [0, 0.1) is 0 Å². The Labute approximate surface area is 113 Å². The highest BCUT2D eigenvalue weighted by molar-refractivity contribution is 5.92. The molecule has 1 saturated carbocycles. The van der Waals surface area contributed by atoms with Crippen molar-refractivity contribution in [2.45, 2.75) is 52.0 Å². The minimum atomic E-state index is -0.971. The van der Waals surface area contributed by atoms with Crippen LogP contribution in [0.1, 0.15) is 62.3 Å². The fraction of sp³-hybridized carbons (Fsp3) is 0.643. The maximum Gasteiger partial charge on any atom is 0.356 e. The molecule has 1 aromatic rings. The van der Waals surface area contributed by atoms with Gasteiger partial charge in [0.2, 0.25) is 0 Å². The fourth-order valence-corrected chi connectivity index (χ4v) is 2.16. The van der Waals surface area contributed by atoms with Crippen molar-refractivity contribution >= 4 is 11.7 Å². The van der Waals surface area contributed by atoms with Crippen molar-refractivity contribution in [3.05, 3.63) is 17.7 Å². The molecule has 5 nitrogen and oxygen atoms in total. The predicted molar refractivity (Wildman–Crippen MR) is 73.7 cm³/mol. The zero-order valence-corrected chi connectivity index (χ0v) is 11.8. The molecule has 1 N–H and O–H groups in total. The number of aromatic nitrogens is 2. The lowest BCUT2D eigenvalue weighted by Gasteiger charge is -2.25. The molecule has 5 heteroatoms. The molecule has 0 spiro atoms.